The molecule has 0 radical (unpaired) electrons. The van der Waals surface area contributed by atoms with Gasteiger partial charge in [0.25, 0.3) is 5.91 Å². The van der Waals surface area contributed by atoms with Crippen LogP contribution in [-0.4, -0.2) is 69.5 Å². The van der Waals surface area contributed by atoms with Crippen molar-refractivity contribution in [2.24, 2.45) is 0 Å². The predicted molar refractivity (Wildman–Crippen MR) is 87.3 cm³/mol. The summed E-state index contributed by atoms with van der Waals surface area (Å²) >= 11 is 0. The molecule has 1 amide bonds. The third-order valence-electron chi connectivity index (χ3n) is 4.43. The van der Waals surface area contributed by atoms with Crippen molar-refractivity contribution in [2.45, 2.75) is 23.8 Å². The Labute approximate surface area is 142 Å². The first-order chi connectivity index (χ1) is 11.5. The van der Waals surface area contributed by atoms with E-state index in [0.717, 1.165) is 12.8 Å². The second kappa shape index (κ2) is 7.08. The summed E-state index contributed by atoms with van der Waals surface area (Å²) in [5.41, 5.74) is 0. The van der Waals surface area contributed by atoms with Crippen LogP contribution in [0.1, 0.15) is 12.8 Å². The van der Waals surface area contributed by atoms with Crippen LogP contribution in [-0.2, 0) is 19.6 Å². The highest BCUT2D eigenvalue weighted by Gasteiger charge is 2.34. The summed E-state index contributed by atoms with van der Waals surface area (Å²) in [6.07, 6.45) is 1.30. The molecule has 1 aromatic rings. The quantitative estimate of drug-likeness (QED) is 0.796. The zero-order valence-corrected chi connectivity index (χ0v) is 14.5. The van der Waals surface area contributed by atoms with Gasteiger partial charge in [0, 0.05) is 38.9 Å². The molecule has 2 aliphatic heterocycles. The van der Waals surface area contributed by atoms with Crippen molar-refractivity contribution in [1.82, 2.24) is 9.21 Å². The molecule has 0 aromatic heterocycles. The summed E-state index contributed by atoms with van der Waals surface area (Å²) in [5.74, 6) is 0.481. The highest BCUT2D eigenvalue weighted by Crippen LogP contribution is 2.23. The van der Waals surface area contributed by atoms with Gasteiger partial charge in [0.15, 0.2) is 0 Å². The average Bonchev–Trinajstić information content (AvgIpc) is 3.16. The van der Waals surface area contributed by atoms with E-state index < -0.39 is 10.0 Å². The van der Waals surface area contributed by atoms with Crippen LogP contribution in [0.25, 0.3) is 0 Å². The lowest BCUT2D eigenvalue weighted by molar-refractivity contribution is -0.142. The molecule has 1 atom stereocenters. The molecule has 0 N–H and O–H groups in total. The van der Waals surface area contributed by atoms with Gasteiger partial charge < -0.3 is 14.4 Å². The van der Waals surface area contributed by atoms with Gasteiger partial charge in [-0.05, 0) is 25.0 Å². The number of benzene rings is 1. The molecule has 132 valence electrons. The average molecular weight is 354 g/mol. The fraction of sp³-hybridized carbons (Fsp3) is 0.562. The number of nitrogens with zero attached hydrogens (tertiary/aromatic N) is 2. The minimum Gasteiger partial charge on any atom is -0.497 e. The summed E-state index contributed by atoms with van der Waals surface area (Å²) in [6.45, 7) is 1.99. The predicted octanol–water partition coefficient (Wildman–Crippen LogP) is 0.707. The third kappa shape index (κ3) is 3.40. The highest BCUT2D eigenvalue weighted by atomic mass is 32.2. The van der Waals surface area contributed by atoms with Crippen molar-refractivity contribution in [3.8, 4) is 5.75 Å². The third-order valence-corrected chi connectivity index (χ3v) is 6.33. The van der Waals surface area contributed by atoms with E-state index in [-0.39, 0.29) is 30.0 Å². The summed E-state index contributed by atoms with van der Waals surface area (Å²) in [7, 11) is -2.08. The molecule has 2 aliphatic rings. The number of ether oxygens (including phenoxy) is 2. The van der Waals surface area contributed by atoms with Gasteiger partial charge in [0.2, 0.25) is 10.0 Å². The molecule has 3 rings (SSSR count). The lowest BCUT2D eigenvalue weighted by atomic mass is 10.2. The molecular weight excluding hydrogens is 332 g/mol. The number of carbonyl (C=O) groups excluding carboxylic acids is 1. The van der Waals surface area contributed by atoms with Crippen LogP contribution in [0.4, 0.5) is 0 Å². The van der Waals surface area contributed by atoms with Gasteiger partial charge in [-0.3, -0.25) is 4.79 Å². The number of hydrogen-bond donors (Lipinski definition) is 0. The number of carbonyl (C=O) groups is 1. The van der Waals surface area contributed by atoms with Crippen molar-refractivity contribution >= 4 is 15.9 Å². The minimum atomic E-state index is -3.58. The zero-order chi connectivity index (χ0) is 17.2. The van der Waals surface area contributed by atoms with E-state index in [4.69, 9.17) is 9.47 Å². The van der Waals surface area contributed by atoms with Crippen molar-refractivity contribution in [2.75, 3.05) is 39.9 Å². The van der Waals surface area contributed by atoms with Gasteiger partial charge in [-0.25, -0.2) is 8.42 Å². The summed E-state index contributed by atoms with van der Waals surface area (Å²) in [5, 5.41) is 0. The molecule has 1 aromatic carbocycles. The van der Waals surface area contributed by atoms with Crippen LogP contribution in [0.2, 0.25) is 0 Å². The van der Waals surface area contributed by atoms with Gasteiger partial charge in [-0.1, -0.05) is 6.07 Å². The second-order valence-electron chi connectivity index (χ2n) is 5.91. The Morgan fingerprint density at radius 3 is 2.62 bits per heavy atom. The topological polar surface area (TPSA) is 76.2 Å². The number of amides is 1. The number of sulfonamides is 1. The lowest BCUT2D eigenvalue weighted by Crippen LogP contribution is -2.52. The monoisotopic (exact) mass is 354 g/mol. The molecule has 0 saturated carbocycles. The van der Waals surface area contributed by atoms with E-state index in [2.05, 4.69) is 0 Å². The number of rotatable bonds is 4. The fourth-order valence-corrected chi connectivity index (χ4v) is 4.49. The summed E-state index contributed by atoms with van der Waals surface area (Å²) < 4.78 is 37.4. The number of piperazine rings is 1. The highest BCUT2D eigenvalue weighted by molar-refractivity contribution is 7.89. The Bertz CT molecular complexity index is 692. The van der Waals surface area contributed by atoms with Crippen LogP contribution in [0, 0.1) is 0 Å². The van der Waals surface area contributed by atoms with E-state index in [1.54, 1.807) is 23.1 Å². The molecule has 0 spiro atoms. The Morgan fingerprint density at radius 2 is 2.00 bits per heavy atom. The standard InChI is InChI=1S/C16H22N2O5S/c1-22-13-4-2-5-14(12-13)24(20,21)18-9-7-17(8-10-18)16(19)15-6-3-11-23-15/h2,4-5,12,15H,3,6-11H2,1H3. The Morgan fingerprint density at radius 1 is 1.25 bits per heavy atom. The van der Waals surface area contributed by atoms with Crippen LogP contribution in [0.3, 0.4) is 0 Å². The minimum absolute atomic E-state index is 0.0223. The molecule has 2 heterocycles. The second-order valence-corrected chi connectivity index (χ2v) is 7.85. The summed E-state index contributed by atoms with van der Waals surface area (Å²) in [6, 6.07) is 6.43. The first-order valence-corrected chi connectivity index (χ1v) is 9.51. The number of hydrogen-bond acceptors (Lipinski definition) is 5. The maximum absolute atomic E-state index is 12.7. The first kappa shape index (κ1) is 17.2. The molecule has 2 fully saturated rings. The molecule has 24 heavy (non-hydrogen) atoms. The fourth-order valence-electron chi connectivity index (χ4n) is 3.04. The van der Waals surface area contributed by atoms with Crippen LogP contribution >= 0.6 is 0 Å². The van der Waals surface area contributed by atoms with Gasteiger partial charge >= 0.3 is 0 Å². The van der Waals surface area contributed by atoms with Gasteiger partial charge in [-0.15, -0.1) is 0 Å². The van der Waals surface area contributed by atoms with Gasteiger partial charge in [-0.2, -0.15) is 4.31 Å². The smallest absolute Gasteiger partial charge is 0.251 e. The zero-order valence-electron chi connectivity index (χ0n) is 13.7. The number of methoxy groups -OCH3 is 1. The van der Waals surface area contributed by atoms with Crippen LogP contribution in [0.5, 0.6) is 5.75 Å². The lowest BCUT2D eigenvalue weighted by Gasteiger charge is -2.35. The van der Waals surface area contributed by atoms with Crippen molar-refractivity contribution in [3.63, 3.8) is 0 Å². The Hall–Kier alpha value is -1.64. The SMILES string of the molecule is COc1cccc(S(=O)(=O)N2CCN(C(=O)C3CCCO3)CC2)c1. The van der Waals surface area contributed by atoms with Gasteiger partial charge in [0.1, 0.15) is 11.9 Å². The van der Waals surface area contributed by atoms with E-state index in [0.29, 0.717) is 25.4 Å². The first-order valence-electron chi connectivity index (χ1n) is 8.07. The van der Waals surface area contributed by atoms with E-state index in [1.807, 2.05) is 0 Å². The van der Waals surface area contributed by atoms with E-state index in [9.17, 15) is 13.2 Å². The molecule has 0 bridgehead atoms. The molecular formula is C16H22N2O5S. The molecule has 2 saturated heterocycles. The van der Waals surface area contributed by atoms with Crippen molar-refractivity contribution in [1.29, 1.82) is 0 Å². The van der Waals surface area contributed by atoms with Crippen LogP contribution in [0.15, 0.2) is 29.2 Å². The molecule has 0 aliphatic carbocycles. The largest absolute Gasteiger partial charge is 0.497 e. The van der Waals surface area contributed by atoms with E-state index in [1.165, 1.54) is 17.5 Å². The Balaban J connectivity index is 1.65. The maximum Gasteiger partial charge on any atom is 0.251 e. The van der Waals surface area contributed by atoms with Crippen molar-refractivity contribution in [3.05, 3.63) is 24.3 Å². The molecule has 8 heteroatoms. The molecule has 1 unspecified atom stereocenters. The maximum atomic E-state index is 12.7. The molecule has 7 nitrogen and oxygen atoms in total. The van der Waals surface area contributed by atoms with Crippen LogP contribution < -0.4 is 4.74 Å². The Kier molecular flexibility index (Phi) is 5.07. The van der Waals surface area contributed by atoms with E-state index >= 15 is 0 Å². The van der Waals surface area contributed by atoms with Crippen molar-refractivity contribution < 1.29 is 22.7 Å². The van der Waals surface area contributed by atoms with Gasteiger partial charge in [0.05, 0.1) is 12.0 Å². The summed E-state index contributed by atoms with van der Waals surface area (Å²) in [4.78, 5) is 14.2. The normalized spacial score (nSPS) is 22.5.